The zero-order chi connectivity index (χ0) is 14.1. The number of carbonyl (C=O) groups is 1. The molecule has 1 aromatic rings. The summed E-state index contributed by atoms with van der Waals surface area (Å²) in [5, 5.41) is 2.11. The van der Waals surface area contributed by atoms with Gasteiger partial charge in [-0.3, -0.25) is 4.79 Å². The third-order valence-electron chi connectivity index (χ3n) is 2.44. The number of anilines is 1. The molecule has 0 aliphatic carbocycles. The fourth-order valence-corrected chi connectivity index (χ4v) is 1.10. The van der Waals surface area contributed by atoms with Crippen LogP contribution in [0, 0.1) is 22.9 Å². The van der Waals surface area contributed by atoms with E-state index in [4.69, 9.17) is 18.0 Å². The Kier molecular flexibility index (Phi) is 3.95. The van der Waals surface area contributed by atoms with Gasteiger partial charge in [0.25, 0.3) is 0 Å². The highest BCUT2D eigenvalue weighted by Crippen LogP contribution is 2.22. The SMILES string of the molecule is CC(C)(C(=O)Nc1cc(F)c(F)cc1F)C(N)=S. The lowest BCUT2D eigenvalue weighted by atomic mass is 9.92. The standard InChI is InChI=1S/C11H11F3N2OS/c1-11(2,9(15)18)10(17)16-8-4-6(13)5(12)3-7(8)14/h3-4H,1-2H3,(H2,15,18)(H,16,17). The van der Waals surface area contributed by atoms with Gasteiger partial charge in [0.05, 0.1) is 16.1 Å². The minimum Gasteiger partial charge on any atom is -0.392 e. The molecule has 0 aliphatic heterocycles. The van der Waals surface area contributed by atoms with Crippen LogP contribution in [-0.2, 0) is 4.79 Å². The van der Waals surface area contributed by atoms with Gasteiger partial charge in [-0.05, 0) is 13.8 Å². The summed E-state index contributed by atoms with van der Waals surface area (Å²) < 4.78 is 38.9. The van der Waals surface area contributed by atoms with Crippen LogP contribution in [0.3, 0.4) is 0 Å². The highest BCUT2D eigenvalue weighted by atomic mass is 32.1. The molecular weight excluding hydrogens is 265 g/mol. The lowest BCUT2D eigenvalue weighted by molar-refractivity contribution is -0.121. The number of amides is 1. The van der Waals surface area contributed by atoms with Crippen molar-refractivity contribution in [3.8, 4) is 0 Å². The fourth-order valence-electron chi connectivity index (χ4n) is 1.01. The van der Waals surface area contributed by atoms with Crippen molar-refractivity contribution in [2.75, 3.05) is 5.32 Å². The summed E-state index contributed by atoms with van der Waals surface area (Å²) in [5.41, 5.74) is 3.66. The Balaban J connectivity index is 3.03. The Bertz CT molecular complexity index is 517. The minimum atomic E-state index is -1.33. The van der Waals surface area contributed by atoms with Crippen LogP contribution < -0.4 is 11.1 Å². The molecule has 1 rings (SSSR count). The smallest absolute Gasteiger partial charge is 0.236 e. The quantitative estimate of drug-likeness (QED) is 0.658. The van der Waals surface area contributed by atoms with E-state index in [1.165, 1.54) is 13.8 Å². The van der Waals surface area contributed by atoms with Gasteiger partial charge in [0.2, 0.25) is 5.91 Å². The molecule has 0 bridgehead atoms. The summed E-state index contributed by atoms with van der Waals surface area (Å²) in [5.74, 6) is -4.39. The highest BCUT2D eigenvalue weighted by molar-refractivity contribution is 7.80. The number of thiocarbonyl (C=S) groups is 1. The molecule has 1 amide bonds. The lowest BCUT2D eigenvalue weighted by Gasteiger charge is -2.22. The van der Waals surface area contributed by atoms with Crippen molar-refractivity contribution in [1.82, 2.24) is 0 Å². The van der Waals surface area contributed by atoms with E-state index < -0.39 is 34.5 Å². The molecule has 0 atom stereocenters. The first-order chi connectivity index (χ1) is 8.16. The van der Waals surface area contributed by atoms with Gasteiger partial charge in [0.1, 0.15) is 5.82 Å². The third kappa shape index (κ3) is 2.79. The van der Waals surface area contributed by atoms with Crippen molar-refractivity contribution in [3.63, 3.8) is 0 Å². The van der Waals surface area contributed by atoms with Crippen molar-refractivity contribution < 1.29 is 18.0 Å². The van der Waals surface area contributed by atoms with Gasteiger partial charge in [-0.25, -0.2) is 13.2 Å². The predicted molar refractivity (Wildman–Crippen MR) is 65.5 cm³/mol. The molecule has 0 radical (unpaired) electrons. The molecule has 0 fully saturated rings. The van der Waals surface area contributed by atoms with Gasteiger partial charge < -0.3 is 11.1 Å². The number of hydrogen-bond acceptors (Lipinski definition) is 2. The Morgan fingerprint density at radius 3 is 2.22 bits per heavy atom. The molecule has 0 heterocycles. The van der Waals surface area contributed by atoms with Crippen LogP contribution in [0.15, 0.2) is 12.1 Å². The van der Waals surface area contributed by atoms with Gasteiger partial charge >= 0.3 is 0 Å². The summed E-state index contributed by atoms with van der Waals surface area (Å²) in [6.07, 6.45) is 0. The predicted octanol–water partition coefficient (Wildman–Crippen LogP) is 2.35. The van der Waals surface area contributed by atoms with Crippen molar-refractivity contribution in [2.45, 2.75) is 13.8 Å². The van der Waals surface area contributed by atoms with E-state index in [1.807, 2.05) is 0 Å². The Morgan fingerprint density at radius 2 is 1.72 bits per heavy atom. The van der Waals surface area contributed by atoms with E-state index in [0.717, 1.165) is 0 Å². The molecule has 3 nitrogen and oxygen atoms in total. The average Bonchev–Trinajstić information content (AvgIpc) is 2.25. The second kappa shape index (κ2) is 4.93. The van der Waals surface area contributed by atoms with Crippen LogP contribution in [0.1, 0.15) is 13.8 Å². The van der Waals surface area contributed by atoms with Gasteiger partial charge in [-0.15, -0.1) is 0 Å². The van der Waals surface area contributed by atoms with Crippen LogP contribution in [0.4, 0.5) is 18.9 Å². The van der Waals surface area contributed by atoms with E-state index in [2.05, 4.69) is 5.32 Å². The molecule has 0 unspecified atom stereocenters. The molecule has 0 spiro atoms. The number of nitrogens with two attached hydrogens (primary N) is 1. The van der Waals surface area contributed by atoms with Gasteiger partial charge in [-0.2, -0.15) is 0 Å². The largest absolute Gasteiger partial charge is 0.392 e. The van der Waals surface area contributed by atoms with Crippen molar-refractivity contribution in [3.05, 3.63) is 29.6 Å². The lowest BCUT2D eigenvalue weighted by Crippen LogP contribution is -2.41. The Morgan fingerprint density at radius 1 is 1.22 bits per heavy atom. The van der Waals surface area contributed by atoms with E-state index in [0.29, 0.717) is 12.1 Å². The van der Waals surface area contributed by atoms with Gasteiger partial charge in [0, 0.05) is 12.1 Å². The average molecular weight is 276 g/mol. The van der Waals surface area contributed by atoms with Crippen LogP contribution >= 0.6 is 12.2 Å². The summed E-state index contributed by atoms with van der Waals surface area (Å²) in [6, 6.07) is 0.900. The zero-order valence-electron chi connectivity index (χ0n) is 9.68. The van der Waals surface area contributed by atoms with E-state index in [9.17, 15) is 18.0 Å². The van der Waals surface area contributed by atoms with Crippen LogP contribution in [-0.4, -0.2) is 10.9 Å². The molecule has 0 saturated carbocycles. The number of halogens is 3. The number of rotatable bonds is 3. The van der Waals surface area contributed by atoms with E-state index in [1.54, 1.807) is 0 Å². The molecule has 7 heteroatoms. The molecule has 3 N–H and O–H groups in total. The second-order valence-electron chi connectivity index (χ2n) is 4.19. The summed E-state index contributed by atoms with van der Waals surface area (Å²) in [4.78, 5) is 11.7. The maximum Gasteiger partial charge on any atom is 0.236 e. The summed E-state index contributed by atoms with van der Waals surface area (Å²) in [7, 11) is 0. The first-order valence-electron chi connectivity index (χ1n) is 4.92. The molecule has 1 aromatic carbocycles. The maximum atomic E-state index is 13.3. The second-order valence-corrected chi connectivity index (χ2v) is 4.63. The third-order valence-corrected chi connectivity index (χ3v) is 2.95. The van der Waals surface area contributed by atoms with Crippen molar-refractivity contribution >= 4 is 28.8 Å². The zero-order valence-corrected chi connectivity index (χ0v) is 10.5. The van der Waals surface area contributed by atoms with Crippen molar-refractivity contribution in [1.29, 1.82) is 0 Å². The van der Waals surface area contributed by atoms with E-state index >= 15 is 0 Å². The monoisotopic (exact) mass is 276 g/mol. The van der Waals surface area contributed by atoms with Gasteiger partial charge in [-0.1, -0.05) is 12.2 Å². The minimum absolute atomic E-state index is 0.0945. The summed E-state index contributed by atoms with van der Waals surface area (Å²) >= 11 is 4.69. The van der Waals surface area contributed by atoms with E-state index in [-0.39, 0.29) is 4.99 Å². The molecule has 0 saturated heterocycles. The van der Waals surface area contributed by atoms with Crippen molar-refractivity contribution in [2.24, 2.45) is 11.1 Å². The van der Waals surface area contributed by atoms with Crippen LogP contribution in [0.5, 0.6) is 0 Å². The molecule has 98 valence electrons. The first kappa shape index (κ1) is 14.4. The molecule has 0 aliphatic rings. The highest BCUT2D eigenvalue weighted by Gasteiger charge is 2.31. The Hall–Kier alpha value is -1.63. The number of hydrogen-bond donors (Lipinski definition) is 2. The molecular formula is C11H11F3N2OS. The van der Waals surface area contributed by atoms with Crippen LogP contribution in [0.2, 0.25) is 0 Å². The molecule has 18 heavy (non-hydrogen) atoms. The Labute approximate surface area is 107 Å². The van der Waals surface area contributed by atoms with Gasteiger partial charge in [0.15, 0.2) is 11.6 Å². The maximum absolute atomic E-state index is 13.3. The number of carbonyl (C=O) groups excluding carboxylic acids is 1. The normalized spacial score (nSPS) is 11.2. The number of benzene rings is 1. The first-order valence-corrected chi connectivity index (χ1v) is 5.33. The molecule has 0 aromatic heterocycles. The number of nitrogens with one attached hydrogen (secondary N) is 1. The fraction of sp³-hybridized carbons (Fsp3) is 0.273. The summed E-state index contributed by atoms with van der Waals surface area (Å²) in [6.45, 7) is 2.87. The topological polar surface area (TPSA) is 55.1 Å². The van der Waals surface area contributed by atoms with Crippen LogP contribution in [0.25, 0.3) is 0 Å².